The molecule has 0 aliphatic rings. The van der Waals surface area contributed by atoms with Crippen molar-refractivity contribution in [1.29, 1.82) is 0 Å². The van der Waals surface area contributed by atoms with Crippen molar-refractivity contribution in [2.75, 3.05) is 39.6 Å². The third-order valence-electron chi connectivity index (χ3n) is 15.3. The smallest absolute Gasteiger partial charge is 0.462 e. The van der Waals surface area contributed by atoms with Gasteiger partial charge in [-0.05, 0) is 37.5 Å². The van der Waals surface area contributed by atoms with Crippen molar-refractivity contribution in [3.05, 3.63) is 0 Å². The highest BCUT2D eigenvalue weighted by atomic mass is 31.2. The SMILES string of the molecule is CCCCCCCCCCCCCCCCCCCC(=O)O[C@H](COC(=O)CCCCCCCCCCC(C)CC)COP(=O)(O)OC[C@@H](O)COP(=O)(O)OC[C@@H](COC(=O)CCCCCCC)OC(=O)CCCCCCCCCC(C)C. The van der Waals surface area contributed by atoms with Crippen molar-refractivity contribution in [2.24, 2.45) is 11.8 Å². The molecule has 0 bridgehead atoms. The number of phosphoric acid groups is 2. The van der Waals surface area contributed by atoms with Gasteiger partial charge in [0.05, 0.1) is 26.4 Å². The van der Waals surface area contributed by atoms with Crippen LogP contribution in [0.25, 0.3) is 0 Å². The third-order valence-corrected chi connectivity index (χ3v) is 17.2. The molecule has 0 aromatic rings. The van der Waals surface area contributed by atoms with Gasteiger partial charge < -0.3 is 33.8 Å². The highest BCUT2D eigenvalue weighted by molar-refractivity contribution is 7.47. The van der Waals surface area contributed by atoms with Crippen molar-refractivity contribution in [3.8, 4) is 0 Å². The number of aliphatic hydroxyl groups excluding tert-OH is 1. The summed E-state index contributed by atoms with van der Waals surface area (Å²) in [6.07, 6.45) is 40.8. The molecule has 0 saturated heterocycles. The Morgan fingerprint density at radius 1 is 0.345 bits per heavy atom. The molecule has 0 radical (unpaired) electrons. The second-order valence-corrected chi connectivity index (χ2v) is 27.1. The lowest BCUT2D eigenvalue weighted by molar-refractivity contribution is -0.161. The first-order valence-corrected chi connectivity index (χ1v) is 37.0. The zero-order valence-corrected chi connectivity index (χ0v) is 56.0. The molecule has 3 N–H and O–H groups in total. The van der Waals surface area contributed by atoms with Crippen molar-refractivity contribution in [1.82, 2.24) is 0 Å². The van der Waals surface area contributed by atoms with E-state index in [1.165, 1.54) is 135 Å². The summed E-state index contributed by atoms with van der Waals surface area (Å²) in [5, 5.41) is 10.5. The van der Waals surface area contributed by atoms with E-state index in [1.54, 1.807) is 0 Å². The number of carbonyl (C=O) groups is 4. The van der Waals surface area contributed by atoms with Gasteiger partial charge in [0, 0.05) is 25.7 Å². The zero-order chi connectivity index (χ0) is 62.2. The first kappa shape index (κ1) is 82.1. The van der Waals surface area contributed by atoms with Gasteiger partial charge in [-0.1, -0.05) is 273 Å². The van der Waals surface area contributed by atoms with Crippen LogP contribution in [0, 0.1) is 11.8 Å². The largest absolute Gasteiger partial charge is 0.472 e. The fourth-order valence-electron chi connectivity index (χ4n) is 9.68. The third kappa shape index (κ3) is 57.8. The van der Waals surface area contributed by atoms with Gasteiger partial charge in [-0.2, -0.15) is 0 Å². The number of hydrogen-bond donors (Lipinski definition) is 3. The molecule has 0 aliphatic carbocycles. The quantitative estimate of drug-likeness (QED) is 0.0222. The van der Waals surface area contributed by atoms with Gasteiger partial charge in [0.1, 0.15) is 19.3 Å². The molecule has 0 heterocycles. The molecule has 0 spiro atoms. The Balaban J connectivity index is 5.16. The molecule has 0 aromatic carbocycles. The van der Waals surface area contributed by atoms with E-state index >= 15 is 0 Å². The predicted octanol–water partition coefficient (Wildman–Crippen LogP) is 18.0. The number of unbranched alkanes of at least 4 members (excludes halogenated alkanes) is 33. The number of carbonyl (C=O) groups excluding carboxylic acids is 4. The van der Waals surface area contributed by atoms with Crippen LogP contribution in [-0.2, 0) is 65.4 Å². The molecule has 0 aliphatic heterocycles. The molecular formula is C65H126O17P2. The Morgan fingerprint density at radius 3 is 0.905 bits per heavy atom. The van der Waals surface area contributed by atoms with Gasteiger partial charge in [-0.25, -0.2) is 9.13 Å². The zero-order valence-electron chi connectivity index (χ0n) is 54.2. The standard InChI is InChI=1S/C65H126O17P2/c1-7-10-12-14-15-16-17-18-19-20-21-22-23-24-31-37-43-49-64(69)82-61(54-76-63(68)48-42-36-30-26-25-29-35-40-46-58(6)9-3)56-80-84(73,74)78-52-59(66)51-77-83(71,72)79-55-60(53-75-62(67)47-41-33-13-11-8-2)81-65(70)50-44-38-32-27-28-34-39-45-57(4)5/h57-61,66H,7-56H2,1-6H3,(H,71,72)(H,73,74)/t58?,59-,60+,61+/m0/s1. The van der Waals surface area contributed by atoms with Gasteiger partial charge in [-0.3, -0.25) is 37.3 Å². The highest BCUT2D eigenvalue weighted by Crippen LogP contribution is 2.45. The summed E-state index contributed by atoms with van der Waals surface area (Å²) in [4.78, 5) is 72.0. The molecule has 6 atom stereocenters. The average Bonchev–Trinajstić information content (AvgIpc) is 3.56. The maximum Gasteiger partial charge on any atom is 0.472 e. The minimum atomic E-state index is -4.95. The topological polar surface area (TPSA) is 237 Å². The summed E-state index contributed by atoms with van der Waals surface area (Å²) < 4.78 is 67.8. The fraction of sp³-hybridized carbons (Fsp3) is 0.938. The molecule has 0 fully saturated rings. The van der Waals surface area contributed by atoms with E-state index in [2.05, 4.69) is 41.5 Å². The Hall–Kier alpha value is -1.94. The predicted molar refractivity (Wildman–Crippen MR) is 335 cm³/mol. The number of hydrogen-bond acceptors (Lipinski definition) is 15. The van der Waals surface area contributed by atoms with Crippen LogP contribution in [0.4, 0.5) is 0 Å². The second kappa shape index (κ2) is 57.5. The summed E-state index contributed by atoms with van der Waals surface area (Å²) >= 11 is 0. The number of rotatable bonds is 64. The van der Waals surface area contributed by atoms with Crippen LogP contribution in [-0.4, -0.2) is 96.7 Å². The van der Waals surface area contributed by atoms with E-state index in [9.17, 15) is 43.2 Å². The Bertz CT molecular complexity index is 1650. The first-order valence-electron chi connectivity index (χ1n) is 34.0. The van der Waals surface area contributed by atoms with E-state index in [1.807, 2.05) is 0 Å². The van der Waals surface area contributed by atoms with E-state index in [-0.39, 0.29) is 25.7 Å². The minimum absolute atomic E-state index is 0.102. The van der Waals surface area contributed by atoms with Gasteiger partial charge in [0.2, 0.25) is 0 Å². The van der Waals surface area contributed by atoms with Crippen LogP contribution in [0.2, 0.25) is 0 Å². The minimum Gasteiger partial charge on any atom is -0.462 e. The monoisotopic (exact) mass is 1240 g/mol. The van der Waals surface area contributed by atoms with Gasteiger partial charge in [0.15, 0.2) is 12.2 Å². The van der Waals surface area contributed by atoms with Crippen molar-refractivity contribution < 1.29 is 80.2 Å². The number of ether oxygens (including phenoxy) is 4. The summed E-state index contributed by atoms with van der Waals surface area (Å²) in [7, 11) is -9.88. The number of phosphoric ester groups is 2. The van der Waals surface area contributed by atoms with E-state index in [4.69, 9.17) is 37.0 Å². The summed E-state index contributed by atoms with van der Waals surface area (Å²) in [5.41, 5.74) is 0. The average molecular weight is 1240 g/mol. The van der Waals surface area contributed by atoms with Gasteiger partial charge >= 0.3 is 39.5 Å². The van der Waals surface area contributed by atoms with Gasteiger partial charge in [-0.15, -0.1) is 0 Å². The molecule has 0 amide bonds. The van der Waals surface area contributed by atoms with E-state index < -0.39 is 97.5 Å². The molecule has 0 aromatic heterocycles. The first-order chi connectivity index (χ1) is 40.4. The lowest BCUT2D eigenvalue weighted by Crippen LogP contribution is -2.30. The summed E-state index contributed by atoms with van der Waals surface area (Å²) in [6, 6.07) is 0. The van der Waals surface area contributed by atoms with Crippen LogP contribution >= 0.6 is 15.6 Å². The second-order valence-electron chi connectivity index (χ2n) is 24.2. The normalized spacial score (nSPS) is 14.6. The molecular weight excluding hydrogens is 1110 g/mol. The maximum absolute atomic E-state index is 13.0. The fourth-order valence-corrected chi connectivity index (χ4v) is 11.3. The number of esters is 4. The van der Waals surface area contributed by atoms with Crippen LogP contribution in [0.5, 0.6) is 0 Å². The molecule has 3 unspecified atom stereocenters. The molecule has 498 valence electrons. The lowest BCUT2D eigenvalue weighted by Gasteiger charge is -2.21. The lowest BCUT2D eigenvalue weighted by atomic mass is 9.99. The van der Waals surface area contributed by atoms with Crippen LogP contribution in [0.1, 0.15) is 324 Å². The van der Waals surface area contributed by atoms with Crippen molar-refractivity contribution in [2.45, 2.75) is 342 Å². The van der Waals surface area contributed by atoms with Crippen molar-refractivity contribution in [3.63, 3.8) is 0 Å². The van der Waals surface area contributed by atoms with E-state index in [0.29, 0.717) is 31.6 Å². The highest BCUT2D eigenvalue weighted by Gasteiger charge is 2.30. The maximum atomic E-state index is 13.0. The van der Waals surface area contributed by atoms with Crippen LogP contribution < -0.4 is 0 Å². The Kier molecular flexibility index (Phi) is 56.2. The van der Waals surface area contributed by atoms with Crippen molar-refractivity contribution >= 4 is 39.5 Å². The van der Waals surface area contributed by atoms with E-state index in [0.717, 1.165) is 102 Å². The number of aliphatic hydroxyl groups is 1. The Labute approximate surface area is 511 Å². The van der Waals surface area contributed by atoms with Gasteiger partial charge in [0.25, 0.3) is 0 Å². The molecule has 0 rings (SSSR count). The molecule has 84 heavy (non-hydrogen) atoms. The van der Waals surface area contributed by atoms with Crippen LogP contribution in [0.3, 0.4) is 0 Å². The summed E-state index contributed by atoms with van der Waals surface area (Å²) in [5.74, 6) is -0.671. The Morgan fingerprint density at radius 2 is 0.607 bits per heavy atom. The van der Waals surface area contributed by atoms with Crippen LogP contribution in [0.15, 0.2) is 0 Å². The molecule has 0 saturated carbocycles. The molecule has 17 nitrogen and oxygen atoms in total. The summed E-state index contributed by atoms with van der Waals surface area (Å²) in [6.45, 7) is 9.36. The molecule has 19 heteroatoms.